The van der Waals surface area contributed by atoms with Crippen molar-refractivity contribution >= 4 is 11.6 Å². The second-order valence-electron chi connectivity index (χ2n) is 4.47. The van der Waals surface area contributed by atoms with Gasteiger partial charge in [-0.25, -0.2) is 0 Å². The molecule has 1 aromatic carbocycles. The molecular formula is C13H17ClN4. The monoisotopic (exact) mass is 264 g/mol. The number of nitrogens with one attached hydrogen (secondary N) is 1. The van der Waals surface area contributed by atoms with E-state index in [0.717, 1.165) is 17.4 Å². The first kappa shape index (κ1) is 13.1. The number of hydrogen-bond donors (Lipinski definition) is 1. The molecule has 5 heteroatoms. The Morgan fingerprint density at radius 2 is 2.22 bits per heavy atom. The van der Waals surface area contributed by atoms with E-state index in [0.29, 0.717) is 0 Å². The molecule has 96 valence electrons. The van der Waals surface area contributed by atoms with Gasteiger partial charge in [-0.1, -0.05) is 17.7 Å². The number of nitrogens with zero attached hydrogens (tertiary/aromatic N) is 3. The van der Waals surface area contributed by atoms with E-state index in [1.54, 1.807) is 6.33 Å². The third-order valence-corrected chi connectivity index (χ3v) is 3.27. The van der Waals surface area contributed by atoms with E-state index in [4.69, 9.17) is 11.6 Å². The van der Waals surface area contributed by atoms with Crippen molar-refractivity contribution in [2.45, 2.75) is 26.4 Å². The zero-order valence-electron chi connectivity index (χ0n) is 10.8. The van der Waals surface area contributed by atoms with Gasteiger partial charge in [0, 0.05) is 18.6 Å². The lowest BCUT2D eigenvalue weighted by atomic mass is 10.1. The average Bonchev–Trinajstić information content (AvgIpc) is 2.74. The molecular weight excluding hydrogens is 248 g/mol. The van der Waals surface area contributed by atoms with Crippen LogP contribution in [0.3, 0.4) is 0 Å². The molecule has 0 amide bonds. The van der Waals surface area contributed by atoms with Crippen LogP contribution in [0.2, 0.25) is 5.02 Å². The van der Waals surface area contributed by atoms with Gasteiger partial charge in [0.05, 0.1) is 6.04 Å². The highest BCUT2D eigenvalue weighted by atomic mass is 35.5. The van der Waals surface area contributed by atoms with E-state index in [9.17, 15) is 0 Å². The summed E-state index contributed by atoms with van der Waals surface area (Å²) in [5.41, 5.74) is 2.44. The van der Waals surface area contributed by atoms with Gasteiger partial charge >= 0.3 is 0 Å². The number of hydrogen-bond acceptors (Lipinski definition) is 3. The van der Waals surface area contributed by atoms with Gasteiger partial charge < -0.3 is 9.88 Å². The third kappa shape index (κ3) is 2.89. The van der Waals surface area contributed by atoms with Crippen molar-refractivity contribution in [1.82, 2.24) is 20.1 Å². The van der Waals surface area contributed by atoms with Crippen molar-refractivity contribution in [3.8, 4) is 0 Å². The maximum absolute atomic E-state index is 5.94. The minimum absolute atomic E-state index is 0.160. The van der Waals surface area contributed by atoms with E-state index >= 15 is 0 Å². The zero-order valence-corrected chi connectivity index (χ0v) is 11.6. The summed E-state index contributed by atoms with van der Waals surface area (Å²) in [6.07, 6.45) is 1.71. The fraction of sp³-hybridized carbons (Fsp3) is 0.385. The smallest absolute Gasteiger partial charge is 0.149 e. The highest BCUT2D eigenvalue weighted by Crippen LogP contribution is 2.16. The number of aryl methyl sites for hydroxylation is 2. The Labute approximate surface area is 112 Å². The Morgan fingerprint density at radius 1 is 1.44 bits per heavy atom. The molecule has 1 aromatic heterocycles. The predicted molar refractivity (Wildman–Crippen MR) is 72.4 cm³/mol. The molecule has 0 radical (unpaired) electrons. The molecule has 0 aliphatic carbocycles. The first-order valence-corrected chi connectivity index (χ1v) is 6.28. The van der Waals surface area contributed by atoms with Crippen LogP contribution in [0.5, 0.6) is 0 Å². The minimum atomic E-state index is 0.160. The van der Waals surface area contributed by atoms with Crippen LogP contribution in [0.4, 0.5) is 0 Å². The Morgan fingerprint density at radius 3 is 2.83 bits per heavy atom. The Kier molecular flexibility index (Phi) is 3.99. The van der Waals surface area contributed by atoms with Crippen LogP contribution >= 0.6 is 11.6 Å². The van der Waals surface area contributed by atoms with Gasteiger partial charge in [-0.05, 0) is 37.1 Å². The normalized spacial score (nSPS) is 12.7. The van der Waals surface area contributed by atoms with Crippen molar-refractivity contribution in [3.63, 3.8) is 0 Å². The number of halogens is 1. The molecule has 0 spiro atoms. The average molecular weight is 265 g/mol. The number of aromatic nitrogens is 3. The predicted octanol–water partition coefficient (Wildman–Crippen LogP) is 2.63. The first-order valence-electron chi connectivity index (χ1n) is 5.90. The lowest BCUT2D eigenvalue weighted by molar-refractivity contribution is 0.527. The molecule has 0 bridgehead atoms. The summed E-state index contributed by atoms with van der Waals surface area (Å²) in [5, 5.41) is 12.2. The second kappa shape index (κ2) is 5.50. The standard InChI is InChI=1S/C13H17ClN4/c1-9-6-12(14)5-4-11(9)7-15-10(2)13-17-16-8-18(13)3/h4-6,8,10,15H,7H2,1-3H3. The zero-order chi connectivity index (χ0) is 13.1. The Balaban J connectivity index is 2.01. The van der Waals surface area contributed by atoms with E-state index in [-0.39, 0.29) is 6.04 Å². The van der Waals surface area contributed by atoms with Crippen LogP contribution in [0.15, 0.2) is 24.5 Å². The molecule has 0 saturated heterocycles. The molecule has 2 rings (SSSR count). The highest BCUT2D eigenvalue weighted by molar-refractivity contribution is 6.30. The molecule has 0 fully saturated rings. The van der Waals surface area contributed by atoms with Crippen LogP contribution in [0, 0.1) is 6.92 Å². The summed E-state index contributed by atoms with van der Waals surface area (Å²) in [5.74, 6) is 0.932. The van der Waals surface area contributed by atoms with Gasteiger partial charge in [0.2, 0.25) is 0 Å². The van der Waals surface area contributed by atoms with Crippen LogP contribution < -0.4 is 5.32 Å². The van der Waals surface area contributed by atoms with E-state index in [1.165, 1.54) is 11.1 Å². The topological polar surface area (TPSA) is 42.7 Å². The van der Waals surface area contributed by atoms with Gasteiger partial charge in [-0.2, -0.15) is 0 Å². The van der Waals surface area contributed by atoms with Crippen LogP contribution in [0.1, 0.15) is 29.9 Å². The van der Waals surface area contributed by atoms with E-state index in [2.05, 4.69) is 29.4 Å². The van der Waals surface area contributed by atoms with Crippen molar-refractivity contribution in [3.05, 3.63) is 46.5 Å². The molecule has 2 aromatic rings. The van der Waals surface area contributed by atoms with E-state index < -0.39 is 0 Å². The second-order valence-corrected chi connectivity index (χ2v) is 4.91. The molecule has 0 aliphatic heterocycles. The maximum Gasteiger partial charge on any atom is 0.149 e. The highest BCUT2D eigenvalue weighted by Gasteiger charge is 2.10. The molecule has 1 N–H and O–H groups in total. The van der Waals surface area contributed by atoms with Gasteiger partial charge in [-0.3, -0.25) is 0 Å². The quantitative estimate of drug-likeness (QED) is 0.923. The number of rotatable bonds is 4. The molecule has 4 nitrogen and oxygen atoms in total. The van der Waals surface area contributed by atoms with E-state index in [1.807, 2.05) is 29.8 Å². The molecule has 1 unspecified atom stereocenters. The largest absolute Gasteiger partial charge is 0.319 e. The van der Waals surface area contributed by atoms with Gasteiger partial charge in [0.25, 0.3) is 0 Å². The maximum atomic E-state index is 5.94. The summed E-state index contributed by atoms with van der Waals surface area (Å²) < 4.78 is 1.92. The summed E-state index contributed by atoms with van der Waals surface area (Å²) >= 11 is 5.94. The lowest BCUT2D eigenvalue weighted by Crippen LogP contribution is -2.21. The Bertz CT molecular complexity index is 536. The van der Waals surface area contributed by atoms with Gasteiger partial charge in [0.1, 0.15) is 12.2 Å². The minimum Gasteiger partial charge on any atom is -0.319 e. The van der Waals surface area contributed by atoms with Crippen LogP contribution in [0.25, 0.3) is 0 Å². The van der Waals surface area contributed by atoms with Crippen LogP contribution in [-0.4, -0.2) is 14.8 Å². The van der Waals surface area contributed by atoms with Gasteiger partial charge in [-0.15, -0.1) is 10.2 Å². The summed E-state index contributed by atoms with van der Waals surface area (Å²) in [6, 6.07) is 6.10. The summed E-state index contributed by atoms with van der Waals surface area (Å²) in [7, 11) is 1.95. The molecule has 1 atom stereocenters. The van der Waals surface area contributed by atoms with Gasteiger partial charge in [0.15, 0.2) is 0 Å². The summed E-state index contributed by atoms with van der Waals surface area (Å²) in [4.78, 5) is 0. The summed E-state index contributed by atoms with van der Waals surface area (Å²) in [6.45, 7) is 4.93. The van der Waals surface area contributed by atoms with Crippen molar-refractivity contribution in [2.75, 3.05) is 0 Å². The lowest BCUT2D eigenvalue weighted by Gasteiger charge is -2.14. The van der Waals surface area contributed by atoms with Crippen molar-refractivity contribution < 1.29 is 0 Å². The van der Waals surface area contributed by atoms with Crippen LogP contribution in [-0.2, 0) is 13.6 Å². The molecule has 0 aliphatic rings. The SMILES string of the molecule is Cc1cc(Cl)ccc1CNC(C)c1nncn1C. The number of benzene rings is 1. The molecule has 0 saturated carbocycles. The first-order chi connectivity index (χ1) is 8.58. The fourth-order valence-electron chi connectivity index (χ4n) is 1.90. The van der Waals surface area contributed by atoms with Crippen molar-refractivity contribution in [2.24, 2.45) is 7.05 Å². The molecule has 1 heterocycles. The molecule has 18 heavy (non-hydrogen) atoms. The van der Waals surface area contributed by atoms with Crippen molar-refractivity contribution in [1.29, 1.82) is 0 Å². The third-order valence-electron chi connectivity index (χ3n) is 3.04. The fourth-order valence-corrected chi connectivity index (χ4v) is 2.12. The Hall–Kier alpha value is -1.39.